The van der Waals surface area contributed by atoms with Gasteiger partial charge in [-0.1, -0.05) is 11.6 Å². The van der Waals surface area contributed by atoms with Crippen molar-refractivity contribution < 1.29 is 28.3 Å². The lowest BCUT2D eigenvalue weighted by molar-refractivity contribution is -0.385. The molecule has 0 unspecified atom stereocenters. The van der Waals surface area contributed by atoms with Gasteiger partial charge in [-0.25, -0.2) is 13.9 Å². The van der Waals surface area contributed by atoms with Gasteiger partial charge in [0.05, 0.1) is 43.9 Å². The third-order valence-electron chi connectivity index (χ3n) is 4.16. The molecule has 0 aliphatic carbocycles. The molecule has 28 heavy (non-hydrogen) atoms. The summed E-state index contributed by atoms with van der Waals surface area (Å²) in [5.41, 5.74) is -1.73. The van der Waals surface area contributed by atoms with Crippen molar-refractivity contribution in [1.82, 2.24) is 9.36 Å². The van der Waals surface area contributed by atoms with Crippen molar-refractivity contribution in [3.63, 3.8) is 0 Å². The van der Waals surface area contributed by atoms with Crippen LogP contribution in [0.2, 0.25) is 5.15 Å². The predicted molar refractivity (Wildman–Crippen MR) is 94.1 cm³/mol. The molecule has 1 aromatic carbocycles. The van der Waals surface area contributed by atoms with E-state index >= 15 is 0 Å². The fourth-order valence-corrected chi connectivity index (χ4v) is 3.18. The number of fused-ring (bicyclic) bond motifs is 1. The van der Waals surface area contributed by atoms with Gasteiger partial charge in [-0.3, -0.25) is 19.6 Å². The Morgan fingerprint density at radius 3 is 2.68 bits per heavy atom. The van der Waals surface area contributed by atoms with Crippen molar-refractivity contribution >= 4 is 23.3 Å². The molecule has 1 aliphatic heterocycles. The molecule has 0 amide bonds. The van der Waals surface area contributed by atoms with Gasteiger partial charge in [0, 0.05) is 17.7 Å². The molecular weight excluding hydrogens is 401 g/mol. The van der Waals surface area contributed by atoms with Crippen LogP contribution in [-0.4, -0.2) is 47.2 Å². The fraction of sp³-hybridized carbons (Fsp3) is 0.375. The highest BCUT2D eigenvalue weighted by Gasteiger charge is 2.28. The molecule has 0 radical (unpaired) electrons. The summed E-state index contributed by atoms with van der Waals surface area (Å²) < 4.78 is 32.1. The summed E-state index contributed by atoms with van der Waals surface area (Å²) in [5, 5.41) is 11.3. The number of halogens is 2. The summed E-state index contributed by atoms with van der Waals surface area (Å²) >= 11 is 6.28. The molecular formula is C16H15ClFN3O7. The number of nitrogens with zero attached hydrogens (tertiary/aromatic N) is 3. The summed E-state index contributed by atoms with van der Waals surface area (Å²) in [4.78, 5) is 34.5. The molecule has 0 atom stereocenters. The molecule has 150 valence electrons. The number of carbonyl (C=O) groups excluding carboxylic acids is 1. The molecule has 2 heterocycles. The number of nitro benzene ring substituents is 1. The lowest BCUT2D eigenvalue weighted by atomic mass is 10.1. The van der Waals surface area contributed by atoms with Gasteiger partial charge in [0.15, 0.2) is 6.61 Å². The van der Waals surface area contributed by atoms with Gasteiger partial charge >= 0.3 is 11.7 Å². The van der Waals surface area contributed by atoms with Gasteiger partial charge in [0.1, 0.15) is 11.0 Å². The molecule has 0 spiro atoms. The van der Waals surface area contributed by atoms with Crippen molar-refractivity contribution in [2.75, 3.05) is 26.9 Å². The van der Waals surface area contributed by atoms with Crippen LogP contribution < -0.4 is 10.3 Å². The number of carbonyl (C=O) groups is 1. The predicted octanol–water partition coefficient (Wildman–Crippen LogP) is 1.60. The molecule has 0 saturated heterocycles. The number of nitro groups is 1. The Morgan fingerprint density at radius 2 is 2.04 bits per heavy atom. The first-order chi connectivity index (χ1) is 13.3. The van der Waals surface area contributed by atoms with Crippen LogP contribution in [0, 0.1) is 15.9 Å². The van der Waals surface area contributed by atoms with E-state index in [-0.39, 0.29) is 36.0 Å². The number of rotatable bonds is 5. The van der Waals surface area contributed by atoms with E-state index in [9.17, 15) is 24.1 Å². The Hall–Kier alpha value is -2.92. The maximum Gasteiger partial charge on any atom is 0.343 e. The summed E-state index contributed by atoms with van der Waals surface area (Å²) in [7, 11) is 1.11. The van der Waals surface area contributed by atoms with Crippen LogP contribution >= 0.6 is 11.6 Å². The third-order valence-corrected chi connectivity index (χ3v) is 4.54. The molecule has 1 aromatic heterocycles. The minimum absolute atomic E-state index is 0.0491. The van der Waals surface area contributed by atoms with E-state index in [0.29, 0.717) is 6.61 Å². The van der Waals surface area contributed by atoms with Crippen molar-refractivity contribution in [2.24, 2.45) is 0 Å². The van der Waals surface area contributed by atoms with Gasteiger partial charge in [-0.05, 0) is 0 Å². The van der Waals surface area contributed by atoms with Gasteiger partial charge < -0.3 is 14.2 Å². The molecule has 2 aromatic rings. The molecule has 0 fully saturated rings. The topological polar surface area (TPSA) is 115 Å². The normalized spacial score (nSPS) is 13.5. The quantitative estimate of drug-likeness (QED) is 0.414. The lowest BCUT2D eigenvalue weighted by Gasteiger charge is -2.08. The largest absolute Gasteiger partial charge is 0.475 e. The average molecular weight is 416 g/mol. The van der Waals surface area contributed by atoms with E-state index in [4.69, 9.17) is 21.1 Å². The number of aromatic nitrogens is 2. The zero-order chi connectivity index (χ0) is 20.4. The molecule has 0 saturated carbocycles. The Labute approximate surface area is 162 Å². The van der Waals surface area contributed by atoms with Gasteiger partial charge in [0.25, 0.3) is 5.56 Å². The Kier molecular flexibility index (Phi) is 5.66. The lowest BCUT2D eigenvalue weighted by Crippen LogP contribution is -2.23. The van der Waals surface area contributed by atoms with E-state index in [1.54, 1.807) is 0 Å². The van der Waals surface area contributed by atoms with E-state index in [2.05, 4.69) is 4.74 Å². The highest BCUT2D eigenvalue weighted by molar-refractivity contribution is 6.32. The first-order valence-corrected chi connectivity index (χ1v) is 8.47. The van der Waals surface area contributed by atoms with E-state index in [1.165, 1.54) is 9.36 Å². The first-order valence-electron chi connectivity index (χ1n) is 8.10. The minimum Gasteiger partial charge on any atom is -0.475 e. The smallest absolute Gasteiger partial charge is 0.343 e. The second kappa shape index (κ2) is 7.98. The number of hydrogen-bond donors (Lipinski definition) is 0. The summed E-state index contributed by atoms with van der Waals surface area (Å²) in [5.74, 6) is -2.22. The maximum absolute atomic E-state index is 14.7. The Morgan fingerprint density at radius 1 is 1.36 bits per heavy atom. The third kappa shape index (κ3) is 3.58. The molecule has 0 N–H and O–H groups in total. The van der Waals surface area contributed by atoms with Crippen molar-refractivity contribution in [2.45, 2.75) is 13.1 Å². The number of ether oxygens (including phenoxy) is 3. The summed E-state index contributed by atoms with van der Waals surface area (Å²) in [6, 6.07) is 1.60. The molecule has 3 rings (SSSR count). The number of hydrogen-bond acceptors (Lipinski definition) is 7. The summed E-state index contributed by atoms with van der Waals surface area (Å²) in [6.07, 6.45) is 0. The van der Waals surface area contributed by atoms with Crippen LogP contribution in [0.1, 0.15) is 0 Å². The van der Waals surface area contributed by atoms with Crippen LogP contribution in [0.15, 0.2) is 16.9 Å². The molecule has 12 heteroatoms. The van der Waals surface area contributed by atoms with Crippen LogP contribution in [0.4, 0.5) is 10.1 Å². The fourth-order valence-electron chi connectivity index (χ4n) is 2.82. The number of esters is 1. The van der Waals surface area contributed by atoms with Crippen molar-refractivity contribution in [3.8, 4) is 16.9 Å². The van der Waals surface area contributed by atoms with E-state index in [0.717, 1.165) is 19.2 Å². The Balaban J connectivity index is 2.11. The second-order valence-electron chi connectivity index (χ2n) is 5.75. The highest BCUT2D eigenvalue weighted by atomic mass is 35.5. The molecule has 10 nitrogen and oxygen atoms in total. The van der Waals surface area contributed by atoms with Crippen molar-refractivity contribution in [1.29, 1.82) is 0 Å². The van der Waals surface area contributed by atoms with Crippen LogP contribution in [0.3, 0.4) is 0 Å². The number of benzene rings is 1. The van der Waals surface area contributed by atoms with Crippen LogP contribution in [0.5, 0.6) is 5.75 Å². The van der Waals surface area contributed by atoms with Crippen LogP contribution in [0.25, 0.3) is 11.1 Å². The zero-order valence-electron chi connectivity index (χ0n) is 14.6. The average Bonchev–Trinajstić information content (AvgIpc) is 2.84. The van der Waals surface area contributed by atoms with Gasteiger partial charge in [0.2, 0.25) is 5.75 Å². The SMILES string of the molecule is COC(=O)COc1cc(F)c(-c2c(Cl)n3n(c2=O)CCOCC3)cc1[N+](=O)[O-]. The van der Waals surface area contributed by atoms with Gasteiger partial charge in [-0.15, -0.1) is 0 Å². The van der Waals surface area contributed by atoms with Crippen molar-refractivity contribution in [3.05, 3.63) is 43.6 Å². The highest BCUT2D eigenvalue weighted by Crippen LogP contribution is 2.36. The monoisotopic (exact) mass is 415 g/mol. The first kappa shape index (κ1) is 19.8. The second-order valence-corrected chi connectivity index (χ2v) is 6.11. The number of methoxy groups -OCH3 is 1. The van der Waals surface area contributed by atoms with E-state index < -0.39 is 40.3 Å². The van der Waals surface area contributed by atoms with E-state index in [1.807, 2.05) is 0 Å². The Bertz CT molecular complexity index is 1000. The summed E-state index contributed by atoms with van der Waals surface area (Å²) in [6.45, 7) is 0.444. The standard InChI is InChI=1S/C16H15ClFN3O7/c1-26-13(22)8-28-12-7-10(18)9(6-11(12)21(24)25)14-15(17)19-2-4-27-5-3-20(19)16(14)23/h6-7H,2-5,8H2,1H3. The van der Waals surface area contributed by atoms with Gasteiger partial charge in [-0.2, -0.15) is 0 Å². The zero-order valence-corrected chi connectivity index (χ0v) is 15.4. The van der Waals surface area contributed by atoms with Crippen LogP contribution in [-0.2, 0) is 27.4 Å². The minimum atomic E-state index is -0.956. The molecule has 0 bridgehead atoms. The molecule has 1 aliphatic rings. The maximum atomic E-state index is 14.7.